The van der Waals surface area contributed by atoms with Crippen LogP contribution in [0.4, 0.5) is 9.59 Å². The summed E-state index contributed by atoms with van der Waals surface area (Å²) in [5.41, 5.74) is -0.905. The van der Waals surface area contributed by atoms with E-state index < -0.39 is 11.2 Å². The lowest BCUT2D eigenvalue weighted by Gasteiger charge is -2.40. The molecule has 0 radical (unpaired) electrons. The minimum absolute atomic E-state index is 0.152. The second kappa shape index (κ2) is 8.69. The Morgan fingerprint density at radius 2 is 1.38 bits per heavy atom. The monoisotopic (exact) mass is 449 g/mol. The summed E-state index contributed by atoms with van der Waals surface area (Å²) in [6.45, 7) is 14.0. The number of carbonyl (C=O) groups is 2. The van der Waals surface area contributed by atoms with Gasteiger partial charge in [-0.25, -0.2) is 9.59 Å². The van der Waals surface area contributed by atoms with E-state index in [0.29, 0.717) is 29.8 Å². The highest BCUT2D eigenvalue weighted by molar-refractivity contribution is 5.69. The molecule has 5 unspecified atom stereocenters. The van der Waals surface area contributed by atoms with Gasteiger partial charge in [0.05, 0.1) is 0 Å². The molecule has 0 aromatic carbocycles. The van der Waals surface area contributed by atoms with E-state index in [2.05, 4.69) is 5.32 Å². The lowest BCUT2D eigenvalue weighted by atomic mass is 9.78. The first-order chi connectivity index (χ1) is 14.9. The predicted octanol–water partition coefficient (Wildman–Crippen LogP) is 4.40. The molecule has 5 atom stereocenters. The van der Waals surface area contributed by atoms with Crippen LogP contribution in [0.5, 0.6) is 0 Å². The van der Waals surface area contributed by atoms with Crippen LogP contribution in [-0.2, 0) is 9.47 Å². The van der Waals surface area contributed by atoms with Crippen LogP contribution in [0.3, 0.4) is 0 Å². The first-order valence-corrected chi connectivity index (χ1v) is 12.7. The summed E-state index contributed by atoms with van der Waals surface area (Å²) in [5.74, 6) is 1.56. The van der Waals surface area contributed by atoms with Gasteiger partial charge < -0.3 is 24.6 Å². The summed E-state index contributed by atoms with van der Waals surface area (Å²) in [6, 6.07) is 1.22. The van der Waals surface area contributed by atoms with Crippen molar-refractivity contribution in [3.05, 3.63) is 0 Å². The highest BCUT2D eigenvalue weighted by Crippen LogP contribution is 2.47. The molecule has 0 spiro atoms. The highest BCUT2D eigenvalue weighted by atomic mass is 16.6. The Labute approximate surface area is 193 Å². The third-order valence-electron chi connectivity index (χ3n) is 7.49. The molecule has 2 aliphatic heterocycles. The Hall–Kier alpha value is -1.50. The minimum Gasteiger partial charge on any atom is -0.444 e. The molecule has 182 valence electrons. The summed E-state index contributed by atoms with van der Waals surface area (Å²) in [7, 11) is 0. The molecular formula is C25H43N3O4. The molecule has 2 amide bonds. The summed E-state index contributed by atoms with van der Waals surface area (Å²) >= 11 is 0. The van der Waals surface area contributed by atoms with Crippen LogP contribution in [0, 0.1) is 17.8 Å². The summed E-state index contributed by atoms with van der Waals surface area (Å²) in [6.07, 6.45) is 6.64. The molecule has 0 aromatic heterocycles. The van der Waals surface area contributed by atoms with E-state index in [-0.39, 0.29) is 18.2 Å². The lowest BCUT2D eigenvalue weighted by molar-refractivity contribution is 0.0131. The van der Waals surface area contributed by atoms with Gasteiger partial charge in [0, 0.05) is 37.8 Å². The largest absolute Gasteiger partial charge is 0.444 e. The topological polar surface area (TPSA) is 71.1 Å². The fourth-order valence-corrected chi connectivity index (χ4v) is 6.11. The van der Waals surface area contributed by atoms with Crippen molar-refractivity contribution in [2.24, 2.45) is 17.8 Å². The number of hydrogen-bond acceptors (Lipinski definition) is 5. The van der Waals surface area contributed by atoms with E-state index in [1.807, 2.05) is 51.3 Å². The predicted molar refractivity (Wildman–Crippen MR) is 123 cm³/mol. The van der Waals surface area contributed by atoms with Crippen LogP contribution in [-0.4, -0.2) is 70.9 Å². The van der Waals surface area contributed by atoms with E-state index in [1.165, 1.54) is 25.7 Å². The summed E-state index contributed by atoms with van der Waals surface area (Å²) in [4.78, 5) is 29.1. The molecular weight excluding hydrogens is 406 g/mol. The van der Waals surface area contributed by atoms with Gasteiger partial charge in [0.2, 0.25) is 0 Å². The van der Waals surface area contributed by atoms with Crippen molar-refractivity contribution in [1.82, 2.24) is 15.1 Å². The van der Waals surface area contributed by atoms with E-state index in [0.717, 1.165) is 32.5 Å². The number of likely N-dealkylation sites (tertiary alicyclic amines) is 2. The first kappa shape index (κ1) is 23.7. The van der Waals surface area contributed by atoms with E-state index in [4.69, 9.17) is 9.47 Å². The molecule has 4 rings (SSSR count). The van der Waals surface area contributed by atoms with Crippen molar-refractivity contribution in [3.63, 3.8) is 0 Å². The van der Waals surface area contributed by atoms with E-state index in [1.54, 1.807) is 0 Å². The maximum absolute atomic E-state index is 12.8. The quantitative estimate of drug-likeness (QED) is 0.691. The molecule has 7 nitrogen and oxygen atoms in total. The molecule has 4 fully saturated rings. The van der Waals surface area contributed by atoms with Crippen molar-refractivity contribution in [3.8, 4) is 0 Å². The zero-order valence-corrected chi connectivity index (χ0v) is 20.9. The van der Waals surface area contributed by atoms with E-state index in [9.17, 15) is 9.59 Å². The second-order valence-electron chi connectivity index (χ2n) is 12.3. The Kier molecular flexibility index (Phi) is 6.43. The molecule has 7 heteroatoms. The molecule has 2 aliphatic carbocycles. The van der Waals surface area contributed by atoms with Gasteiger partial charge in [-0.1, -0.05) is 12.8 Å². The Balaban J connectivity index is 1.33. The smallest absolute Gasteiger partial charge is 0.410 e. The third-order valence-corrected chi connectivity index (χ3v) is 7.49. The van der Waals surface area contributed by atoms with Gasteiger partial charge in [-0.15, -0.1) is 0 Å². The fraction of sp³-hybridized carbons (Fsp3) is 0.920. The number of hydrogen-bond donors (Lipinski definition) is 1. The number of fused-ring (bicyclic) bond motifs is 1. The van der Waals surface area contributed by atoms with Crippen molar-refractivity contribution in [2.75, 3.05) is 19.6 Å². The molecule has 2 saturated carbocycles. The lowest BCUT2D eigenvalue weighted by Crippen LogP contribution is -2.52. The van der Waals surface area contributed by atoms with Crippen molar-refractivity contribution >= 4 is 12.2 Å². The zero-order valence-electron chi connectivity index (χ0n) is 20.9. The highest BCUT2D eigenvalue weighted by Gasteiger charge is 2.58. The average molecular weight is 450 g/mol. The maximum atomic E-state index is 12.8. The van der Waals surface area contributed by atoms with Crippen molar-refractivity contribution in [2.45, 2.75) is 109 Å². The Morgan fingerprint density at radius 3 is 2.00 bits per heavy atom. The number of rotatable bonds is 3. The maximum Gasteiger partial charge on any atom is 0.410 e. The second-order valence-corrected chi connectivity index (χ2v) is 12.3. The standard InChI is InChI=1S/C25H43N3O4/c1-24(2,3)31-22(29)27-14-17-18(15-27)21(17)26-19-11-8-7-10-16(19)20-12-9-13-28(20)23(30)32-25(4,5)6/h16-21,26H,7-15H2,1-6H3. The van der Waals surface area contributed by atoms with Crippen LogP contribution in [0.2, 0.25) is 0 Å². The normalized spacial score (nSPS) is 34.9. The Bertz CT molecular complexity index is 701. The van der Waals surface area contributed by atoms with Crippen LogP contribution >= 0.6 is 0 Å². The fourth-order valence-electron chi connectivity index (χ4n) is 6.11. The van der Waals surface area contributed by atoms with Gasteiger partial charge in [-0.3, -0.25) is 0 Å². The first-order valence-electron chi connectivity index (χ1n) is 12.7. The van der Waals surface area contributed by atoms with Crippen LogP contribution in [0.1, 0.15) is 80.1 Å². The van der Waals surface area contributed by atoms with Gasteiger partial charge in [0.25, 0.3) is 0 Å². The number of nitrogens with one attached hydrogen (secondary N) is 1. The van der Waals surface area contributed by atoms with Gasteiger partial charge in [-0.05, 0) is 85.0 Å². The Morgan fingerprint density at radius 1 is 0.781 bits per heavy atom. The molecule has 2 saturated heterocycles. The minimum atomic E-state index is -0.458. The molecule has 2 heterocycles. The van der Waals surface area contributed by atoms with Crippen LogP contribution in [0.15, 0.2) is 0 Å². The number of piperidine rings is 1. The molecule has 1 N–H and O–H groups in total. The van der Waals surface area contributed by atoms with Gasteiger partial charge in [0.1, 0.15) is 11.2 Å². The summed E-state index contributed by atoms with van der Waals surface area (Å²) in [5, 5.41) is 3.98. The molecule has 4 aliphatic rings. The van der Waals surface area contributed by atoms with E-state index >= 15 is 0 Å². The number of ether oxygens (including phenoxy) is 2. The number of carbonyl (C=O) groups excluding carboxylic acids is 2. The van der Waals surface area contributed by atoms with Crippen LogP contribution in [0.25, 0.3) is 0 Å². The number of nitrogens with zero attached hydrogens (tertiary/aromatic N) is 2. The van der Waals surface area contributed by atoms with Gasteiger partial charge in [0.15, 0.2) is 0 Å². The van der Waals surface area contributed by atoms with Crippen molar-refractivity contribution in [1.29, 1.82) is 0 Å². The molecule has 0 bridgehead atoms. The molecule has 0 aromatic rings. The average Bonchev–Trinajstić information content (AvgIpc) is 3.06. The molecule has 32 heavy (non-hydrogen) atoms. The third kappa shape index (κ3) is 5.35. The van der Waals surface area contributed by atoms with Crippen molar-refractivity contribution < 1.29 is 19.1 Å². The number of amides is 2. The van der Waals surface area contributed by atoms with Gasteiger partial charge in [-0.2, -0.15) is 0 Å². The van der Waals surface area contributed by atoms with Crippen LogP contribution < -0.4 is 5.32 Å². The summed E-state index contributed by atoms with van der Waals surface area (Å²) < 4.78 is 11.3. The SMILES string of the molecule is CC(C)(C)OC(=O)N1CC2C(C1)C2NC1CCCCC1C1CCCN1C(=O)OC(C)(C)C. The zero-order chi connectivity index (χ0) is 23.3. The van der Waals surface area contributed by atoms with Gasteiger partial charge >= 0.3 is 12.2 Å².